The standard InChI is InChI=1S/C35H58N8O7S2.C24H42N2OS.C9H20O/c1-34(2,3)12-14-41(7)13-9-17-50-27-11-8-10-26(18-27)20-37-39-33(52)40-38-30(45)23-43(25-32(48)49)16-15-42(24-31(46)47)22-29(44)36-21-28(51)19-35(4,5)6;1-23(2,3)12-14-26(7)13-9-15-27-21-11-8-10-20(16-21)18-25-19-22(28)17-24(4,5)6;1-8(2,3)7-10-9(4,5)6/h8,10-11,18,20H,9,12-17,19,21-25H2,1-7H3,(H,36,44)(H,38,45)(H,46,47)(H,48,49)(H2,39,40,52);8,10-11,16,25H,9,12-15,17-19H2,1-7H3;7H2,1-6H3/b37-20+;;. The van der Waals surface area contributed by atoms with Crippen LogP contribution in [0.25, 0.3) is 0 Å². The summed E-state index contributed by atoms with van der Waals surface area (Å²) in [6.45, 7) is 45.8. The molecule has 0 atom stereocenters. The highest BCUT2D eigenvalue weighted by Crippen LogP contribution is 2.23. The minimum atomic E-state index is -1.18. The summed E-state index contributed by atoms with van der Waals surface area (Å²) >= 11 is 16.0. The van der Waals surface area contributed by atoms with Gasteiger partial charge >= 0.3 is 11.9 Å². The lowest BCUT2D eigenvalue weighted by Gasteiger charge is -2.26. The van der Waals surface area contributed by atoms with Crippen LogP contribution in [0, 0.1) is 27.1 Å². The molecule has 2 rings (SSSR count). The second-order valence-electron chi connectivity index (χ2n) is 30.3. The molecule has 0 radical (unpaired) electrons. The van der Waals surface area contributed by atoms with Crippen LogP contribution in [0.15, 0.2) is 53.6 Å². The highest BCUT2D eigenvalue weighted by Gasteiger charge is 2.22. The number of thiocarbonyl (C=S) groups is 3. The smallest absolute Gasteiger partial charge is 0.317 e. The number of ether oxygens (including phenoxy) is 3. The summed E-state index contributed by atoms with van der Waals surface area (Å²) < 4.78 is 17.4. The van der Waals surface area contributed by atoms with Gasteiger partial charge in [-0.25, -0.2) is 0 Å². The number of nitrogens with one attached hydrogen (secondary N) is 5. The zero-order chi connectivity index (χ0) is 68.9. The number of hydrogen-bond donors (Lipinski definition) is 7. The van der Waals surface area contributed by atoms with Crippen molar-refractivity contribution in [2.75, 3.05) is 112 Å². The molecule has 0 fully saturated rings. The van der Waals surface area contributed by atoms with Gasteiger partial charge in [0.1, 0.15) is 11.5 Å². The summed E-state index contributed by atoms with van der Waals surface area (Å²) in [5.41, 5.74) is 10.7. The molecular weight excluding hydrogens is 1200 g/mol. The Morgan fingerprint density at radius 3 is 1.47 bits per heavy atom. The molecule has 0 aromatic heterocycles. The van der Waals surface area contributed by atoms with Crippen LogP contribution in [0.5, 0.6) is 11.5 Å². The summed E-state index contributed by atoms with van der Waals surface area (Å²) in [4.78, 5) is 57.1. The molecule has 90 heavy (non-hydrogen) atoms. The minimum absolute atomic E-state index is 0.00696. The van der Waals surface area contributed by atoms with Gasteiger partial charge in [0.25, 0.3) is 5.91 Å². The van der Waals surface area contributed by atoms with Crippen molar-refractivity contribution < 1.29 is 43.6 Å². The van der Waals surface area contributed by atoms with Crippen LogP contribution in [-0.2, 0) is 30.5 Å². The first kappa shape index (κ1) is 85.2. The van der Waals surface area contributed by atoms with E-state index in [4.69, 9.17) is 50.9 Å². The topological polar surface area (TPSA) is 222 Å². The highest BCUT2D eigenvalue weighted by atomic mass is 32.1. The molecule has 0 aliphatic heterocycles. The monoisotopic (exact) mass is 1320 g/mol. The van der Waals surface area contributed by atoms with Gasteiger partial charge in [0, 0.05) is 55.5 Å². The molecular formula is C68H120N10O9S3. The van der Waals surface area contributed by atoms with Crippen LogP contribution in [0.1, 0.15) is 174 Å². The number of aliphatic carboxylic acids is 2. The van der Waals surface area contributed by atoms with E-state index in [0.717, 1.165) is 94.3 Å². The summed E-state index contributed by atoms with van der Waals surface area (Å²) in [6, 6.07) is 15.8. The lowest BCUT2D eigenvalue weighted by atomic mass is 9.90. The molecule has 0 unspecified atom stereocenters. The quantitative estimate of drug-likeness (QED) is 0.0146. The predicted molar refractivity (Wildman–Crippen MR) is 382 cm³/mol. The summed E-state index contributed by atoms with van der Waals surface area (Å²) in [6.07, 6.45) is 7.45. The van der Waals surface area contributed by atoms with Crippen LogP contribution in [-0.4, -0.2) is 193 Å². The van der Waals surface area contributed by atoms with Crippen molar-refractivity contribution in [3.63, 3.8) is 0 Å². The zero-order valence-corrected chi connectivity index (χ0v) is 61.4. The summed E-state index contributed by atoms with van der Waals surface area (Å²) in [5.74, 6) is -1.70. The van der Waals surface area contributed by atoms with E-state index >= 15 is 0 Å². The molecule has 2 aromatic carbocycles. The van der Waals surface area contributed by atoms with Crippen LogP contribution in [0.4, 0.5) is 0 Å². The van der Waals surface area contributed by atoms with Crippen molar-refractivity contribution in [2.24, 2.45) is 32.2 Å². The number of hydrogen-bond acceptors (Lipinski definition) is 16. The number of amides is 2. The van der Waals surface area contributed by atoms with Crippen LogP contribution >= 0.6 is 36.7 Å². The molecule has 0 spiro atoms. The molecule has 0 bridgehead atoms. The maximum atomic E-state index is 12.6. The van der Waals surface area contributed by atoms with Crippen molar-refractivity contribution in [1.29, 1.82) is 0 Å². The van der Waals surface area contributed by atoms with E-state index in [1.54, 1.807) is 6.21 Å². The van der Waals surface area contributed by atoms with Gasteiger partial charge in [0.2, 0.25) is 11.0 Å². The van der Waals surface area contributed by atoms with Crippen molar-refractivity contribution in [3.8, 4) is 11.5 Å². The molecule has 0 saturated heterocycles. The maximum Gasteiger partial charge on any atom is 0.317 e. The minimum Gasteiger partial charge on any atom is -0.494 e. The first-order valence-electron chi connectivity index (χ1n) is 31.6. The fourth-order valence-corrected chi connectivity index (χ4v) is 9.10. The van der Waals surface area contributed by atoms with Crippen molar-refractivity contribution in [2.45, 2.75) is 175 Å². The van der Waals surface area contributed by atoms with Crippen LogP contribution in [0.3, 0.4) is 0 Å². The third kappa shape index (κ3) is 54.9. The number of carbonyl (C=O) groups is 4. The second kappa shape index (κ2) is 43.2. The average molecular weight is 1320 g/mol. The Labute approximate surface area is 559 Å². The first-order chi connectivity index (χ1) is 41.4. The van der Waals surface area contributed by atoms with Crippen molar-refractivity contribution >= 4 is 81.5 Å². The average Bonchev–Trinajstić information content (AvgIpc) is 3.53. The molecule has 0 heterocycles. The van der Waals surface area contributed by atoms with E-state index in [1.807, 2.05) is 51.1 Å². The lowest BCUT2D eigenvalue weighted by molar-refractivity contribution is -0.141. The van der Waals surface area contributed by atoms with Gasteiger partial charge in [0.15, 0.2) is 0 Å². The molecule has 22 heteroatoms. The van der Waals surface area contributed by atoms with Gasteiger partial charge < -0.3 is 44.9 Å². The highest BCUT2D eigenvalue weighted by molar-refractivity contribution is 7.80. The Balaban J connectivity index is 0.00000172. The molecule has 7 N–H and O–H groups in total. The number of rotatable bonds is 36. The van der Waals surface area contributed by atoms with E-state index < -0.39 is 36.8 Å². The molecule has 2 aromatic rings. The van der Waals surface area contributed by atoms with E-state index in [1.165, 1.54) is 21.8 Å². The third-order valence-electron chi connectivity index (χ3n) is 12.6. The maximum absolute atomic E-state index is 12.6. The van der Waals surface area contributed by atoms with Gasteiger partial charge in [-0.1, -0.05) is 153 Å². The number of carboxylic acids is 2. The van der Waals surface area contributed by atoms with E-state index in [9.17, 15) is 29.4 Å². The number of hydrazine groups is 1. The third-order valence-corrected chi connectivity index (χ3v) is 13.3. The molecule has 0 aliphatic rings. The molecule has 19 nitrogen and oxygen atoms in total. The number of nitrogens with zero attached hydrogens (tertiary/aromatic N) is 5. The summed E-state index contributed by atoms with van der Waals surface area (Å²) in [5, 5.41) is 28.9. The Kier molecular flexibility index (Phi) is 40.9. The first-order valence-corrected chi connectivity index (χ1v) is 32.8. The fourth-order valence-electron chi connectivity index (χ4n) is 7.95. The van der Waals surface area contributed by atoms with E-state index in [2.05, 4.69) is 178 Å². The number of carbonyl (C=O) groups excluding carboxylic acids is 2. The normalized spacial score (nSPS) is 12.3. The van der Waals surface area contributed by atoms with Gasteiger partial charge in [0.05, 0.1) is 57.8 Å². The van der Waals surface area contributed by atoms with Crippen LogP contribution < -0.4 is 36.4 Å². The van der Waals surface area contributed by atoms with Gasteiger partial charge in [-0.05, 0) is 161 Å². The Morgan fingerprint density at radius 1 is 0.556 bits per heavy atom. The van der Waals surface area contributed by atoms with Crippen LogP contribution in [0.2, 0.25) is 0 Å². The van der Waals surface area contributed by atoms with Gasteiger partial charge in [-0.2, -0.15) is 5.10 Å². The Morgan fingerprint density at radius 2 is 1.02 bits per heavy atom. The molecule has 2 amide bonds. The largest absolute Gasteiger partial charge is 0.494 e. The summed E-state index contributed by atoms with van der Waals surface area (Å²) in [7, 11) is 4.32. The second-order valence-corrected chi connectivity index (χ2v) is 31.9. The van der Waals surface area contributed by atoms with E-state index in [-0.39, 0.29) is 59.7 Å². The molecule has 514 valence electrons. The van der Waals surface area contributed by atoms with E-state index in [0.29, 0.717) is 34.5 Å². The fraction of sp³-hybridized carbons (Fsp3) is 0.706. The molecule has 0 aliphatic carbocycles. The van der Waals surface area contributed by atoms with Gasteiger partial charge in [-0.15, -0.1) is 0 Å². The van der Waals surface area contributed by atoms with Crippen molar-refractivity contribution in [3.05, 3.63) is 59.7 Å². The molecule has 0 saturated carbocycles. The SMILES string of the molecule is CC(C)(C)COC(C)(C)C.CN(CCCOc1cccc(/C=N/NC(=S)NNC(=O)CN(CCN(CC(=O)O)CC(=O)NCC(=S)CC(C)(C)C)CC(=O)O)c1)CCC(C)(C)C.CN(CCCOc1cccc(CNCC(=S)CC(C)(C)C)c1)CCC(C)(C)C. The number of carboxylic acid groups (broad SMARTS) is 2. The number of benzene rings is 2. The Bertz CT molecular complexity index is 2460. The zero-order valence-electron chi connectivity index (χ0n) is 59.0. The lowest BCUT2D eigenvalue weighted by Crippen LogP contribution is -2.51. The Hall–Kier alpha value is -4.78. The number of hydrazone groups is 1. The predicted octanol–water partition coefficient (Wildman–Crippen LogP) is 10.9. The van der Waals surface area contributed by atoms with Gasteiger partial charge in [-0.3, -0.25) is 45.3 Å². The van der Waals surface area contributed by atoms with Crippen molar-refractivity contribution in [1.82, 2.24) is 46.5 Å².